The lowest BCUT2D eigenvalue weighted by Crippen LogP contribution is -3.08. The number of thioether (sulfide) groups is 1. The fraction of sp³-hybridized carbons (Fsp3) is 0.222. The molecule has 0 fully saturated rings. The number of amides is 1. The monoisotopic (exact) mass is 394 g/mol. The Bertz CT molecular complexity index is 792. The topological polar surface area (TPSA) is 57.3 Å². The van der Waals surface area contributed by atoms with E-state index in [0.29, 0.717) is 28.9 Å². The number of para-hydroxylation sites is 1. The number of halogens is 2. The predicted molar refractivity (Wildman–Crippen MR) is 103 cm³/mol. The smallest absolute Gasteiger partial charge is 0.279 e. The minimum Gasteiger partial charge on any atom is -0.326 e. The highest BCUT2D eigenvalue weighted by Gasteiger charge is 2.14. The fourth-order valence-corrected chi connectivity index (χ4v) is 3.47. The molecule has 0 aliphatic heterocycles. The zero-order valence-corrected chi connectivity index (χ0v) is 16.0. The Kier molecular flexibility index (Phi) is 7.60. The minimum absolute atomic E-state index is 0.0902. The number of quaternary nitrogens is 1. The van der Waals surface area contributed by atoms with E-state index in [1.54, 1.807) is 12.1 Å². The van der Waals surface area contributed by atoms with Crippen LogP contribution in [0.2, 0.25) is 10.0 Å². The van der Waals surface area contributed by atoms with Crippen molar-refractivity contribution in [3.05, 3.63) is 58.1 Å². The van der Waals surface area contributed by atoms with E-state index in [1.807, 2.05) is 37.4 Å². The van der Waals surface area contributed by atoms with Gasteiger partial charge in [0.05, 0.1) is 29.6 Å². The number of rotatable bonds is 7. The standard InChI is InChI=1S/C18H17Cl2N3OS/c1-23(11-13-6-7-14(19)10-15(13)20)12-18(24)22-16-4-2-3-5-17(16)25-9-8-21/h2-7,10H,9,11-12H2,1H3,(H,22,24)/p+1. The molecule has 2 aromatic rings. The first-order chi connectivity index (χ1) is 12.0. The SMILES string of the molecule is C[NH+](CC(=O)Nc1ccccc1SCC#N)Cc1ccc(Cl)cc1Cl. The Labute approximate surface area is 161 Å². The second kappa shape index (κ2) is 9.69. The lowest BCUT2D eigenvalue weighted by atomic mass is 10.2. The van der Waals surface area contributed by atoms with Crippen LogP contribution in [-0.2, 0) is 11.3 Å². The normalized spacial score (nSPS) is 11.6. The third-order valence-corrected chi connectivity index (χ3v) is 4.95. The molecular weight excluding hydrogens is 377 g/mol. The second-order valence-corrected chi connectivity index (χ2v) is 7.40. The Balaban J connectivity index is 1.95. The average Bonchev–Trinajstić information content (AvgIpc) is 2.56. The third-order valence-electron chi connectivity index (χ3n) is 3.42. The molecule has 130 valence electrons. The van der Waals surface area contributed by atoms with E-state index in [1.165, 1.54) is 11.8 Å². The van der Waals surface area contributed by atoms with Gasteiger partial charge in [-0.25, -0.2) is 0 Å². The van der Waals surface area contributed by atoms with Crippen LogP contribution < -0.4 is 10.2 Å². The lowest BCUT2D eigenvalue weighted by molar-refractivity contribution is -0.885. The van der Waals surface area contributed by atoms with Gasteiger partial charge in [-0.1, -0.05) is 41.4 Å². The molecule has 2 N–H and O–H groups in total. The molecule has 0 heterocycles. The van der Waals surface area contributed by atoms with Gasteiger partial charge in [-0.15, -0.1) is 11.8 Å². The van der Waals surface area contributed by atoms with Gasteiger partial charge in [0.25, 0.3) is 5.91 Å². The number of nitriles is 1. The van der Waals surface area contributed by atoms with Crippen LogP contribution in [0.3, 0.4) is 0 Å². The first-order valence-corrected chi connectivity index (χ1v) is 9.37. The number of nitrogens with one attached hydrogen (secondary N) is 2. The van der Waals surface area contributed by atoms with Gasteiger partial charge in [0, 0.05) is 15.5 Å². The molecular formula is C18H18Cl2N3OS+. The number of carbonyl (C=O) groups excluding carboxylic acids is 1. The van der Waals surface area contributed by atoms with Gasteiger partial charge in [0.2, 0.25) is 0 Å². The molecule has 0 aromatic heterocycles. The van der Waals surface area contributed by atoms with Crippen molar-refractivity contribution >= 4 is 46.6 Å². The summed E-state index contributed by atoms with van der Waals surface area (Å²) < 4.78 is 0. The molecule has 0 bridgehead atoms. The largest absolute Gasteiger partial charge is 0.326 e. The van der Waals surface area contributed by atoms with E-state index in [2.05, 4.69) is 11.4 Å². The molecule has 0 radical (unpaired) electrons. The molecule has 0 aliphatic rings. The zero-order chi connectivity index (χ0) is 18.2. The maximum atomic E-state index is 12.3. The summed E-state index contributed by atoms with van der Waals surface area (Å²) in [5.74, 6) is 0.250. The van der Waals surface area contributed by atoms with Crippen LogP contribution in [0, 0.1) is 11.3 Å². The molecule has 1 atom stereocenters. The quantitative estimate of drug-likeness (QED) is 0.708. The molecule has 1 amide bonds. The summed E-state index contributed by atoms with van der Waals surface area (Å²) in [5, 5.41) is 12.8. The van der Waals surface area contributed by atoms with Gasteiger partial charge in [0.15, 0.2) is 6.54 Å². The molecule has 1 unspecified atom stereocenters. The summed E-state index contributed by atoms with van der Waals surface area (Å²) in [6, 6.07) is 14.9. The Morgan fingerprint density at radius 2 is 2.04 bits per heavy atom. The van der Waals surface area contributed by atoms with Crippen LogP contribution in [0.5, 0.6) is 0 Å². The van der Waals surface area contributed by atoms with Crippen molar-refractivity contribution < 1.29 is 9.69 Å². The maximum Gasteiger partial charge on any atom is 0.279 e. The minimum atomic E-state index is -0.0902. The van der Waals surface area contributed by atoms with E-state index in [4.69, 9.17) is 28.5 Å². The van der Waals surface area contributed by atoms with Gasteiger partial charge in [-0.05, 0) is 24.3 Å². The maximum absolute atomic E-state index is 12.3. The molecule has 0 saturated heterocycles. The Morgan fingerprint density at radius 3 is 2.76 bits per heavy atom. The molecule has 2 aromatic carbocycles. The molecule has 0 saturated carbocycles. The molecule has 2 rings (SSSR count). The summed E-state index contributed by atoms with van der Waals surface area (Å²) in [4.78, 5) is 14.2. The van der Waals surface area contributed by atoms with Crippen LogP contribution in [0.4, 0.5) is 5.69 Å². The van der Waals surface area contributed by atoms with E-state index in [9.17, 15) is 4.79 Å². The van der Waals surface area contributed by atoms with Gasteiger partial charge in [-0.2, -0.15) is 5.26 Å². The van der Waals surface area contributed by atoms with Crippen molar-refractivity contribution in [2.75, 3.05) is 24.7 Å². The molecule has 4 nitrogen and oxygen atoms in total. The van der Waals surface area contributed by atoms with Crippen LogP contribution in [-0.4, -0.2) is 25.3 Å². The Morgan fingerprint density at radius 1 is 1.28 bits per heavy atom. The van der Waals surface area contributed by atoms with E-state index in [0.717, 1.165) is 21.0 Å². The van der Waals surface area contributed by atoms with Crippen molar-refractivity contribution in [2.45, 2.75) is 11.4 Å². The first-order valence-electron chi connectivity index (χ1n) is 7.63. The Hall–Kier alpha value is -1.71. The third kappa shape index (κ3) is 6.26. The average molecular weight is 395 g/mol. The summed E-state index contributed by atoms with van der Waals surface area (Å²) in [6.45, 7) is 0.921. The van der Waals surface area contributed by atoms with Crippen molar-refractivity contribution in [1.29, 1.82) is 5.26 Å². The highest BCUT2D eigenvalue weighted by Crippen LogP contribution is 2.26. The zero-order valence-electron chi connectivity index (χ0n) is 13.7. The summed E-state index contributed by atoms with van der Waals surface area (Å²) in [7, 11) is 1.93. The van der Waals surface area contributed by atoms with Crippen molar-refractivity contribution in [3.8, 4) is 6.07 Å². The van der Waals surface area contributed by atoms with Crippen LogP contribution >= 0.6 is 35.0 Å². The summed E-state index contributed by atoms with van der Waals surface area (Å²) in [5.41, 5.74) is 1.67. The highest BCUT2D eigenvalue weighted by molar-refractivity contribution is 7.99. The van der Waals surface area contributed by atoms with Crippen LogP contribution in [0.1, 0.15) is 5.56 Å². The number of carbonyl (C=O) groups is 1. The van der Waals surface area contributed by atoms with Crippen molar-refractivity contribution in [2.24, 2.45) is 0 Å². The van der Waals surface area contributed by atoms with Crippen molar-refractivity contribution in [1.82, 2.24) is 0 Å². The highest BCUT2D eigenvalue weighted by atomic mass is 35.5. The van der Waals surface area contributed by atoms with Gasteiger partial charge >= 0.3 is 0 Å². The van der Waals surface area contributed by atoms with E-state index < -0.39 is 0 Å². The van der Waals surface area contributed by atoms with Crippen LogP contribution in [0.25, 0.3) is 0 Å². The van der Waals surface area contributed by atoms with Crippen molar-refractivity contribution in [3.63, 3.8) is 0 Å². The van der Waals surface area contributed by atoms with Gasteiger partial charge in [0.1, 0.15) is 6.54 Å². The number of likely N-dealkylation sites (N-methyl/N-ethyl adjacent to an activating group) is 1. The second-order valence-electron chi connectivity index (χ2n) is 5.54. The predicted octanol–water partition coefficient (Wildman–Crippen LogP) is 3.26. The van der Waals surface area contributed by atoms with E-state index >= 15 is 0 Å². The summed E-state index contributed by atoms with van der Waals surface area (Å²) in [6.07, 6.45) is 0. The number of hydrogen-bond donors (Lipinski definition) is 2. The molecule has 7 heteroatoms. The van der Waals surface area contributed by atoms with Crippen LogP contribution in [0.15, 0.2) is 47.4 Å². The molecule has 0 aliphatic carbocycles. The van der Waals surface area contributed by atoms with E-state index in [-0.39, 0.29) is 5.91 Å². The van der Waals surface area contributed by atoms with Gasteiger partial charge < -0.3 is 10.2 Å². The number of hydrogen-bond acceptors (Lipinski definition) is 3. The summed E-state index contributed by atoms with van der Waals surface area (Å²) >= 11 is 13.5. The first kappa shape index (κ1) is 19.6. The van der Waals surface area contributed by atoms with Gasteiger partial charge in [-0.3, -0.25) is 4.79 Å². The lowest BCUT2D eigenvalue weighted by Gasteiger charge is -2.15. The molecule has 25 heavy (non-hydrogen) atoms. The molecule has 0 spiro atoms. The number of anilines is 1. The fourth-order valence-electron chi connectivity index (χ4n) is 2.33. The number of nitrogens with zero attached hydrogens (tertiary/aromatic N) is 1. The number of benzene rings is 2.